The predicted molar refractivity (Wildman–Crippen MR) is 126 cm³/mol. The molecule has 0 spiro atoms. The van der Waals surface area contributed by atoms with Gasteiger partial charge in [0, 0.05) is 43.8 Å². The normalized spacial score (nSPS) is 15.0. The SMILES string of the molecule is CN=C(NCCc1c[nH]c2cc(F)ccc12)NCCS(=O)(=O)NCC1CCC1.I. The van der Waals surface area contributed by atoms with Crippen LogP contribution in [0.4, 0.5) is 4.39 Å². The Hall–Kier alpha value is -1.40. The van der Waals surface area contributed by atoms with Crippen LogP contribution in [0, 0.1) is 11.7 Å². The highest BCUT2D eigenvalue weighted by molar-refractivity contribution is 14.0. The third kappa shape index (κ3) is 7.10. The maximum absolute atomic E-state index is 13.3. The molecule has 1 aromatic heterocycles. The van der Waals surface area contributed by atoms with Crippen LogP contribution in [0.1, 0.15) is 24.8 Å². The molecule has 162 valence electrons. The molecule has 1 aliphatic carbocycles. The Labute approximate surface area is 188 Å². The summed E-state index contributed by atoms with van der Waals surface area (Å²) in [6, 6.07) is 4.70. The van der Waals surface area contributed by atoms with Crippen LogP contribution in [0.5, 0.6) is 0 Å². The number of halogens is 2. The lowest BCUT2D eigenvalue weighted by Gasteiger charge is -2.25. The van der Waals surface area contributed by atoms with Gasteiger partial charge in [-0.2, -0.15) is 0 Å². The fourth-order valence-electron chi connectivity index (χ4n) is 3.22. The first-order chi connectivity index (χ1) is 13.5. The van der Waals surface area contributed by atoms with E-state index in [2.05, 4.69) is 25.3 Å². The van der Waals surface area contributed by atoms with Gasteiger partial charge in [-0.3, -0.25) is 4.99 Å². The van der Waals surface area contributed by atoms with E-state index in [0.29, 0.717) is 25.0 Å². The summed E-state index contributed by atoms with van der Waals surface area (Å²) < 4.78 is 40.0. The average molecular weight is 537 g/mol. The number of fused-ring (bicyclic) bond motifs is 1. The van der Waals surface area contributed by atoms with Crippen LogP contribution in [0.3, 0.4) is 0 Å². The molecule has 0 unspecified atom stereocenters. The first kappa shape index (κ1) is 23.9. The molecule has 0 radical (unpaired) electrons. The van der Waals surface area contributed by atoms with Gasteiger partial charge in [0.1, 0.15) is 5.82 Å². The molecule has 1 aromatic carbocycles. The molecule has 10 heteroatoms. The maximum Gasteiger partial charge on any atom is 0.213 e. The van der Waals surface area contributed by atoms with Gasteiger partial charge in [-0.15, -0.1) is 24.0 Å². The number of sulfonamides is 1. The van der Waals surface area contributed by atoms with Gasteiger partial charge in [0.05, 0.1) is 5.75 Å². The summed E-state index contributed by atoms with van der Waals surface area (Å²) >= 11 is 0. The van der Waals surface area contributed by atoms with Crippen molar-refractivity contribution in [2.45, 2.75) is 25.7 Å². The number of benzene rings is 1. The van der Waals surface area contributed by atoms with Crippen molar-refractivity contribution in [2.24, 2.45) is 10.9 Å². The highest BCUT2D eigenvalue weighted by Crippen LogP contribution is 2.25. The minimum Gasteiger partial charge on any atom is -0.361 e. The van der Waals surface area contributed by atoms with Gasteiger partial charge >= 0.3 is 0 Å². The number of aromatic amines is 1. The van der Waals surface area contributed by atoms with Crippen LogP contribution in [-0.4, -0.2) is 51.8 Å². The molecule has 2 aromatic rings. The van der Waals surface area contributed by atoms with Crippen LogP contribution in [-0.2, 0) is 16.4 Å². The summed E-state index contributed by atoms with van der Waals surface area (Å²) in [4.78, 5) is 7.19. The van der Waals surface area contributed by atoms with Crippen LogP contribution >= 0.6 is 24.0 Å². The van der Waals surface area contributed by atoms with Crippen molar-refractivity contribution in [1.82, 2.24) is 20.3 Å². The molecule has 0 saturated heterocycles. The summed E-state index contributed by atoms with van der Waals surface area (Å²) in [5.74, 6) is 0.799. The average Bonchev–Trinajstić information content (AvgIpc) is 3.01. The molecule has 1 heterocycles. The zero-order valence-electron chi connectivity index (χ0n) is 16.5. The van der Waals surface area contributed by atoms with Crippen LogP contribution in [0.15, 0.2) is 29.4 Å². The number of guanidine groups is 1. The van der Waals surface area contributed by atoms with E-state index >= 15 is 0 Å². The van der Waals surface area contributed by atoms with E-state index in [1.54, 1.807) is 13.1 Å². The third-order valence-corrected chi connectivity index (χ3v) is 6.47. The molecule has 4 N–H and O–H groups in total. The lowest BCUT2D eigenvalue weighted by Crippen LogP contribution is -2.42. The minimum absolute atomic E-state index is 0. The number of H-pyrrole nitrogens is 1. The number of rotatable bonds is 9. The van der Waals surface area contributed by atoms with Crippen LogP contribution in [0.25, 0.3) is 10.9 Å². The van der Waals surface area contributed by atoms with E-state index in [1.807, 2.05) is 6.20 Å². The van der Waals surface area contributed by atoms with Gasteiger partial charge in [0.15, 0.2) is 5.96 Å². The molecule has 29 heavy (non-hydrogen) atoms. The van der Waals surface area contributed by atoms with E-state index in [4.69, 9.17) is 0 Å². The number of hydrogen-bond donors (Lipinski definition) is 4. The van der Waals surface area contributed by atoms with Crippen molar-refractivity contribution in [3.05, 3.63) is 35.8 Å². The molecule has 0 atom stereocenters. The molecule has 0 aliphatic heterocycles. The van der Waals surface area contributed by atoms with Crippen LogP contribution in [0.2, 0.25) is 0 Å². The van der Waals surface area contributed by atoms with Crippen LogP contribution < -0.4 is 15.4 Å². The molecule has 1 aliphatic rings. The van der Waals surface area contributed by atoms with Crippen molar-refractivity contribution >= 4 is 50.9 Å². The first-order valence-electron chi connectivity index (χ1n) is 9.64. The summed E-state index contributed by atoms with van der Waals surface area (Å²) in [6.45, 7) is 1.45. The standard InChI is InChI=1S/C19H28FN5O2S.HI/c1-21-19(23-9-10-28(26,27)25-12-14-3-2-4-14)22-8-7-15-13-24-18-11-16(20)5-6-17(15)18;/h5-6,11,13-14,24-25H,2-4,7-10,12H2,1H3,(H2,21,22,23);1H. The molecule has 0 amide bonds. The quantitative estimate of drug-likeness (QED) is 0.224. The Kier molecular flexibility index (Phi) is 9.15. The monoisotopic (exact) mass is 537 g/mol. The van der Waals surface area contributed by atoms with Crippen molar-refractivity contribution in [3.8, 4) is 0 Å². The second-order valence-electron chi connectivity index (χ2n) is 7.14. The largest absolute Gasteiger partial charge is 0.361 e. The molecule has 7 nitrogen and oxygen atoms in total. The molecule has 1 saturated carbocycles. The van der Waals surface area contributed by atoms with Gasteiger partial charge in [-0.1, -0.05) is 6.42 Å². The topological polar surface area (TPSA) is 98.4 Å². The summed E-state index contributed by atoms with van der Waals surface area (Å²) in [5.41, 5.74) is 1.86. The third-order valence-electron chi connectivity index (χ3n) is 5.12. The molecule has 1 fully saturated rings. The fourth-order valence-corrected chi connectivity index (χ4v) is 4.22. The van der Waals surface area contributed by atoms with E-state index in [0.717, 1.165) is 35.7 Å². The van der Waals surface area contributed by atoms with Gasteiger partial charge in [0.2, 0.25) is 10.0 Å². The van der Waals surface area contributed by atoms with E-state index in [9.17, 15) is 12.8 Å². The summed E-state index contributed by atoms with van der Waals surface area (Å²) in [6.07, 6.45) is 6.03. The van der Waals surface area contributed by atoms with Gasteiger partial charge < -0.3 is 15.6 Å². The predicted octanol–water partition coefficient (Wildman–Crippen LogP) is 2.35. The molecule has 0 bridgehead atoms. The number of nitrogens with one attached hydrogen (secondary N) is 4. The Balaban J connectivity index is 0.00000300. The number of hydrogen-bond acceptors (Lipinski definition) is 3. The second-order valence-corrected chi connectivity index (χ2v) is 9.07. The summed E-state index contributed by atoms with van der Waals surface area (Å²) in [7, 11) is -1.62. The number of nitrogens with zero attached hydrogens (tertiary/aromatic N) is 1. The Bertz CT molecular complexity index is 928. The summed E-state index contributed by atoms with van der Waals surface area (Å²) in [5, 5.41) is 7.20. The minimum atomic E-state index is -3.27. The van der Waals surface area contributed by atoms with E-state index < -0.39 is 10.0 Å². The van der Waals surface area contributed by atoms with Crippen molar-refractivity contribution in [1.29, 1.82) is 0 Å². The second kappa shape index (κ2) is 11.1. The highest BCUT2D eigenvalue weighted by atomic mass is 127. The Morgan fingerprint density at radius 2 is 2.03 bits per heavy atom. The first-order valence-corrected chi connectivity index (χ1v) is 11.3. The zero-order chi connectivity index (χ0) is 20.0. The van der Waals surface area contributed by atoms with Gasteiger partial charge in [0.25, 0.3) is 0 Å². The lowest BCUT2D eigenvalue weighted by molar-refractivity contribution is 0.316. The van der Waals surface area contributed by atoms with E-state index in [-0.39, 0.29) is 42.1 Å². The zero-order valence-corrected chi connectivity index (χ0v) is 19.6. The Morgan fingerprint density at radius 1 is 1.28 bits per heavy atom. The van der Waals surface area contributed by atoms with Crippen molar-refractivity contribution < 1.29 is 12.8 Å². The van der Waals surface area contributed by atoms with Gasteiger partial charge in [-0.25, -0.2) is 17.5 Å². The highest BCUT2D eigenvalue weighted by Gasteiger charge is 2.20. The maximum atomic E-state index is 13.3. The fraction of sp³-hybridized carbons (Fsp3) is 0.526. The van der Waals surface area contributed by atoms with Crippen molar-refractivity contribution in [3.63, 3.8) is 0 Å². The lowest BCUT2D eigenvalue weighted by atomic mass is 9.86. The van der Waals surface area contributed by atoms with Gasteiger partial charge in [-0.05, 0) is 48.9 Å². The Morgan fingerprint density at radius 3 is 2.72 bits per heavy atom. The molecular formula is C19H29FIN5O2S. The van der Waals surface area contributed by atoms with E-state index in [1.165, 1.54) is 18.6 Å². The van der Waals surface area contributed by atoms with Crippen molar-refractivity contribution in [2.75, 3.05) is 32.4 Å². The number of aromatic nitrogens is 1. The number of aliphatic imine (C=N–C) groups is 1. The smallest absolute Gasteiger partial charge is 0.213 e. The molecular weight excluding hydrogens is 508 g/mol. The molecule has 3 rings (SSSR count).